The van der Waals surface area contributed by atoms with Gasteiger partial charge < -0.3 is 20.2 Å². The maximum absolute atomic E-state index is 13.5. The largest absolute Gasteiger partial charge is 0.444 e. The summed E-state index contributed by atoms with van der Waals surface area (Å²) in [5, 5.41) is 22.9. The van der Waals surface area contributed by atoms with Crippen LogP contribution in [-0.4, -0.2) is 56.8 Å². The van der Waals surface area contributed by atoms with Gasteiger partial charge in [-0.05, 0) is 77.6 Å². The van der Waals surface area contributed by atoms with E-state index in [0.29, 0.717) is 24.9 Å². The Balaban J connectivity index is 1.68. The number of aromatic nitrogens is 2. The van der Waals surface area contributed by atoms with Gasteiger partial charge in [0, 0.05) is 19.5 Å². The second-order valence-electron chi connectivity index (χ2n) is 8.69. The van der Waals surface area contributed by atoms with E-state index in [9.17, 15) is 19.2 Å². The Morgan fingerprint density at radius 1 is 1.39 bits per heavy atom. The Hall–Kier alpha value is -3.02. The summed E-state index contributed by atoms with van der Waals surface area (Å²) in [6, 6.07) is 4.35. The van der Waals surface area contributed by atoms with Gasteiger partial charge in [-0.3, -0.25) is 4.79 Å². The van der Waals surface area contributed by atoms with Gasteiger partial charge in [-0.25, -0.2) is 13.8 Å². The molecule has 12 heteroatoms. The molecule has 0 spiro atoms. The molecule has 0 bridgehead atoms. The van der Waals surface area contributed by atoms with Gasteiger partial charge in [0.25, 0.3) is 0 Å². The molecule has 1 aliphatic heterocycles. The van der Waals surface area contributed by atoms with E-state index in [-0.39, 0.29) is 40.6 Å². The Morgan fingerprint density at radius 2 is 2.15 bits per heavy atom. The Labute approximate surface area is 198 Å². The summed E-state index contributed by atoms with van der Waals surface area (Å²) in [5.41, 5.74) is 0.125. The highest BCUT2D eigenvalue weighted by atomic mass is 79.9. The minimum Gasteiger partial charge on any atom is -0.444 e. The predicted octanol–water partition coefficient (Wildman–Crippen LogP) is 3.98. The van der Waals surface area contributed by atoms with Crippen molar-refractivity contribution >= 4 is 39.5 Å². The molecule has 0 aliphatic carbocycles. The molecule has 1 aliphatic rings. The molecule has 0 saturated carbocycles. The quantitative estimate of drug-likeness (QED) is 0.343. The number of ether oxygens (including phenoxy) is 1. The normalized spacial score (nSPS) is 17.1. The molecule has 1 aromatic carbocycles. The molecule has 10 nitrogen and oxygen atoms in total. The van der Waals surface area contributed by atoms with Crippen molar-refractivity contribution in [2.45, 2.75) is 45.6 Å². The maximum atomic E-state index is 13.5. The predicted molar refractivity (Wildman–Crippen MR) is 120 cm³/mol. The van der Waals surface area contributed by atoms with E-state index in [4.69, 9.17) is 9.37 Å². The molecule has 3 rings (SSSR count). The number of anilines is 1. The number of hydrogen-bond donors (Lipinski definition) is 2. The molecule has 2 N–H and O–H groups in total. The summed E-state index contributed by atoms with van der Waals surface area (Å²) in [6.07, 6.45) is 0.840. The van der Waals surface area contributed by atoms with E-state index in [1.807, 2.05) is 0 Å². The summed E-state index contributed by atoms with van der Waals surface area (Å²) >= 11 is 3.11. The highest BCUT2D eigenvalue weighted by Crippen LogP contribution is 2.23. The van der Waals surface area contributed by atoms with E-state index < -0.39 is 23.4 Å². The Kier molecular flexibility index (Phi) is 7.67. The lowest BCUT2D eigenvalue weighted by atomic mass is 9.97. The SMILES string of the molecule is CC(C)(C)OC(=O)N1CCCC(C(=O)Nc2nonc2C(Cc2ccc(F)c(Br)c2)=NO)C1. The van der Waals surface area contributed by atoms with E-state index in [1.165, 1.54) is 17.0 Å². The van der Waals surface area contributed by atoms with Crippen LogP contribution in [0.1, 0.15) is 44.9 Å². The van der Waals surface area contributed by atoms with Crippen LogP contribution in [0.25, 0.3) is 0 Å². The average molecular weight is 526 g/mol. The number of hydrogen-bond acceptors (Lipinski definition) is 8. The lowest BCUT2D eigenvalue weighted by Crippen LogP contribution is -2.45. The minimum absolute atomic E-state index is 0.0108. The van der Waals surface area contributed by atoms with E-state index in [2.05, 4.69) is 36.7 Å². The fourth-order valence-electron chi connectivity index (χ4n) is 3.37. The van der Waals surface area contributed by atoms with E-state index in [0.717, 1.165) is 0 Å². The van der Waals surface area contributed by atoms with Gasteiger partial charge >= 0.3 is 6.09 Å². The number of oxime groups is 1. The molecular formula is C21H25BrFN5O5. The first kappa shape index (κ1) is 24.6. The topological polar surface area (TPSA) is 130 Å². The van der Waals surface area contributed by atoms with Gasteiger partial charge in [0.05, 0.1) is 10.4 Å². The van der Waals surface area contributed by atoms with Crippen LogP contribution in [0.15, 0.2) is 32.5 Å². The van der Waals surface area contributed by atoms with Crippen molar-refractivity contribution in [3.8, 4) is 0 Å². The highest BCUT2D eigenvalue weighted by Gasteiger charge is 2.32. The standard InChI is InChI=1S/C21H25BrFN5O5/c1-21(2,3)32-20(30)28-8-4-5-13(11-28)19(29)24-18-17(26-33-27-18)16(25-31)10-12-6-7-15(23)14(22)9-12/h6-7,9,13,31H,4-5,8,10-11H2,1-3H3,(H,24,27,29). The number of piperidine rings is 1. The van der Waals surface area contributed by atoms with Crippen LogP contribution in [0.3, 0.4) is 0 Å². The lowest BCUT2D eigenvalue weighted by molar-refractivity contribution is -0.121. The number of amides is 2. The summed E-state index contributed by atoms with van der Waals surface area (Å²) in [6.45, 7) is 6.05. The second-order valence-corrected chi connectivity index (χ2v) is 9.54. The van der Waals surface area contributed by atoms with Crippen LogP contribution >= 0.6 is 15.9 Å². The molecule has 2 aromatic rings. The fourth-order valence-corrected chi connectivity index (χ4v) is 3.80. The van der Waals surface area contributed by atoms with Gasteiger partial charge in [0.15, 0.2) is 5.69 Å². The van der Waals surface area contributed by atoms with Gasteiger partial charge in [0.1, 0.15) is 17.1 Å². The van der Waals surface area contributed by atoms with E-state index >= 15 is 0 Å². The van der Waals surface area contributed by atoms with E-state index in [1.54, 1.807) is 26.8 Å². The molecule has 2 heterocycles. The smallest absolute Gasteiger partial charge is 0.410 e. The highest BCUT2D eigenvalue weighted by molar-refractivity contribution is 9.10. The van der Waals surface area contributed by atoms with Crippen LogP contribution in [0.4, 0.5) is 15.0 Å². The van der Waals surface area contributed by atoms with Crippen LogP contribution in [-0.2, 0) is 16.0 Å². The number of nitrogens with zero attached hydrogens (tertiary/aromatic N) is 4. The van der Waals surface area contributed by atoms with Crippen molar-refractivity contribution in [1.82, 2.24) is 15.2 Å². The summed E-state index contributed by atoms with van der Waals surface area (Å²) in [7, 11) is 0. The zero-order valence-electron chi connectivity index (χ0n) is 18.5. The van der Waals surface area contributed by atoms with Gasteiger partial charge in [-0.2, -0.15) is 0 Å². The number of rotatable bonds is 5. The van der Waals surface area contributed by atoms with Crippen molar-refractivity contribution in [1.29, 1.82) is 0 Å². The van der Waals surface area contributed by atoms with Crippen molar-refractivity contribution < 1.29 is 28.6 Å². The third-order valence-corrected chi connectivity index (χ3v) is 5.53. The van der Waals surface area contributed by atoms with Gasteiger partial charge in [-0.15, -0.1) is 0 Å². The zero-order chi connectivity index (χ0) is 24.2. The number of carbonyl (C=O) groups is 2. The number of nitrogens with one attached hydrogen (secondary N) is 1. The average Bonchev–Trinajstić information content (AvgIpc) is 3.21. The third kappa shape index (κ3) is 6.50. The van der Waals surface area contributed by atoms with Crippen LogP contribution in [0.5, 0.6) is 0 Å². The zero-order valence-corrected chi connectivity index (χ0v) is 20.1. The molecule has 0 radical (unpaired) electrons. The number of benzene rings is 1. The van der Waals surface area contributed by atoms with Crippen LogP contribution in [0.2, 0.25) is 0 Å². The third-order valence-electron chi connectivity index (χ3n) is 4.92. The second kappa shape index (κ2) is 10.3. The summed E-state index contributed by atoms with van der Waals surface area (Å²) in [5.74, 6) is -1.30. The van der Waals surface area contributed by atoms with Crippen LogP contribution in [0, 0.1) is 11.7 Å². The summed E-state index contributed by atoms with van der Waals surface area (Å²) < 4.78 is 23.9. The molecular weight excluding hydrogens is 501 g/mol. The molecule has 2 amide bonds. The molecule has 1 atom stereocenters. The molecule has 1 saturated heterocycles. The Morgan fingerprint density at radius 3 is 2.82 bits per heavy atom. The minimum atomic E-state index is -0.631. The first-order valence-corrected chi connectivity index (χ1v) is 11.1. The Bertz CT molecular complexity index is 1050. The number of likely N-dealkylation sites (tertiary alicyclic amines) is 1. The first-order chi connectivity index (χ1) is 15.6. The summed E-state index contributed by atoms with van der Waals surface area (Å²) in [4.78, 5) is 26.7. The monoisotopic (exact) mass is 525 g/mol. The van der Waals surface area contributed by atoms with Gasteiger partial charge in [0.2, 0.25) is 11.7 Å². The fraction of sp³-hybridized carbons (Fsp3) is 0.476. The number of carbonyl (C=O) groups excluding carboxylic acids is 2. The molecule has 1 aromatic heterocycles. The first-order valence-electron chi connectivity index (χ1n) is 10.3. The van der Waals surface area contributed by atoms with Crippen molar-refractivity contribution in [2.24, 2.45) is 11.1 Å². The molecule has 178 valence electrons. The van der Waals surface area contributed by atoms with Crippen molar-refractivity contribution in [3.05, 3.63) is 39.7 Å². The number of halogens is 2. The van der Waals surface area contributed by atoms with Crippen molar-refractivity contribution in [2.75, 3.05) is 18.4 Å². The molecule has 1 fully saturated rings. The maximum Gasteiger partial charge on any atom is 0.410 e. The van der Waals surface area contributed by atoms with Crippen molar-refractivity contribution in [3.63, 3.8) is 0 Å². The lowest BCUT2D eigenvalue weighted by Gasteiger charge is -2.33. The van der Waals surface area contributed by atoms with Gasteiger partial charge in [-0.1, -0.05) is 11.2 Å². The molecule has 1 unspecified atom stereocenters. The molecule has 33 heavy (non-hydrogen) atoms. The van der Waals surface area contributed by atoms with Crippen LogP contribution < -0.4 is 5.32 Å².